The van der Waals surface area contributed by atoms with Crippen molar-refractivity contribution in [2.45, 2.75) is 26.7 Å². The number of carbonyl (C=O) groups is 3. The van der Waals surface area contributed by atoms with E-state index in [9.17, 15) is 14.4 Å². The van der Waals surface area contributed by atoms with Crippen molar-refractivity contribution in [2.75, 3.05) is 18.5 Å². The first-order chi connectivity index (χ1) is 19.7. The number of nitrogens with zero attached hydrogens (tertiary/aromatic N) is 1. The van der Waals surface area contributed by atoms with Crippen molar-refractivity contribution in [1.29, 1.82) is 0 Å². The van der Waals surface area contributed by atoms with Crippen molar-refractivity contribution in [2.24, 2.45) is 0 Å². The first kappa shape index (κ1) is 30.1. The smallest absolute Gasteiger partial charge is 0.285 e. The van der Waals surface area contributed by atoms with Gasteiger partial charge in [0.1, 0.15) is 0 Å². The summed E-state index contributed by atoms with van der Waals surface area (Å²) in [7, 11) is 0. The van der Waals surface area contributed by atoms with Crippen molar-refractivity contribution in [3.63, 3.8) is 0 Å². The van der Waals surface area contributed by atoms with Crippen LogP contribution in [0, 0.1) is 0 Å². The number of benzene rings is 3. The molecule has 41 heavy (non-hydrogen) atoms. The highest BCUT2D eigenvalue weighted by Crippen LogP contribution is 2.34. The van der Waals surface area contributed by atoms with Crippen LogP contribution in [0.15, 0.2) is 71.6 Å². The fraction of sp³-hybridized carbons (Fsp3) is 0.200. The van der Waals surface area contributed by atoms with Gasteiger partial charge in [-0.05, 0) is 84.7 Å². The van der Waals surface area contributed by atoms with Crippen molar-refractivity contribution < 1.29 is 23.9 Å². The predicted molar refractivity (Wildman–Crippen MR) is 166 cm³/mol. The lowest BCUT2D eigenvalue weighted by atomic mass is 10.0. The molecule has 4 rings (SSSR count). The number of thiocarbonyl (C=S) groups is 1. The molecule has 0 atom stereocenters. The lowest BCUT2D eigenvalue weighted by Gasteiger charge is -2.16. The molecule has 3 aromatic rings. The molecule has 0 radical (unpaired) electrons. The van der Waals surface area contributed by atoms with Gasteiger partial charge in [-0.25, -0.2) is 0 Å². The fourth-order valence-electron chi connectivity index (χ4n) is 3.93. The molecule has 0 aliphatic carbocycles. The number of ether oxygens (including phenoxy) is 2. The molecule has 8 nitrogen and oxygen atoms in total. The monoisotopic (exact) mass is 609 g/mol. The largest absolute Gasteiger partial charge is 0.490 e. The quantitative estimate of drug-likeness (QED) is 0.202. The zero-order chi connectivity index (χ0) is 29.5. The number of rotatable bonds is 10. The lowest BCUT2D eigenvalue weighted by molar-refractivity contribution is -0.123. The summed E-state index contributed by atoms with van der Waals surface area (Å²) in [6.07, 6.45) is 1.65. The Morgan fingerprint density at radius 1 is 1.05 bits per heavy atom. The van der Waals surface area contributed by atoms with E-state index in [1.54, 1.807) is 48.5 Å². The van der Waals surface area contributed by atoms with Gasteiger partial charge in [0, 0.05) is 16.3 Å². The molecule has 3 amide bonds. The Hall–Kier alpha value is -3.86. The summed E-state index contributed by atoms with van der Waals surface area (Å²) in [6.45, 7) is 6.12. The van der Waals surface area contributed by atoms with Crippen molar-refractivity contribution in [1.82, 2.24) is 10.4 Å². The molecule has 1 aliphatic rings. The van der Waals surface area contributed by atoms with Crippen LogP contribution < -0.4 is 20.2 Å². The fourth-order valence-corrected chi connectivity index (χ4v) is 5.23. The predicted octanol–water partition coefficient (Wildman–Crippen LogP) is 6.43. The van der Waals surface area contributed by atoms with Crippen LogP contribution in [0.25, 0.3) is 6.08 Å². The third-order valence-electron chi connectivity index (χ3n) is 5.89. The maximum absolute atomic E-state index is 13.0. The zero-order valence-electron chi connectivity index (χ0n) is 22.6. The molecule has 0 unspecified atom stereocenters. The number of carbonyl (C=O) groups excluding carboxylic acids is 3. The molecule has 0 bridgehead atoms. The highest BCUT2D eigenvalue weighted by molar-refractivity contribution is 8.26. The maximum atomic E-state index is 13.0. The molecule has 1 aliphatic heterocycles. The summed E-state index contributed by atoms with van der Waals surface area (Å²) < 4.78 is 11.7. The van der Waals surface area contributed by atoms with Gasteiger partial charge in [-0.15, -0.1) is 0 Å². The minimum atomic E-state index is -0.490. The second-order valence-electron chi connectivity index (χ2n) is 9.18. The molecule has 1 fully saturated rings. The number of thioether (sulfide) groups is 1. The van der Waals surface area contributed by atoms with Crippen LogP contribution in [0.5, 0.6) is 11.5 Å². The molecule has 2 N–H and O–H groups in total. The summed E-state index contributed by atoms with van der Waals surface area (Å²) in [4.78, 5) is 38.6. The molecule has 0 spiro atoms. The number of para-hydroxylation sites is 1. The Balaban J connectivity index is 1.43. The van der Waals surface area contributed by atoms with Gasteiger partial charge in [0.2, 0.25) is 0 Å². The number of anilines is 1. The van der Waals surface area contributed by atoms with Crippen LogP contribution in [0.4, 0.5) is 5.69 Å². The SMILES string of the molecule is CCOc1cc(/C=C2/SC(=S)N(NC(=O)c3ccc(Cl)cc3)C2=O)ccc1OCC(=O)Nc1ccccc1C(C)C. The number of hydrogen-bond donors (Lipinski definition) is 2. The van der Waals surface area contributed by atoms with E-state index in [0.29, 0.717) is 39.2 Å². The number of nitrogens with one attached hydrogen (secondary N) is 2. The molecule has 0 aromatic heterocycles. The van der Waals surface area contributed by atoms with E-state index < -0.39 is 11.8 Å². The third-order valence-corrected chi connectivity index (χ3v) is 7.45. The first-order valence-electron chi connectivity index (χ1n) is 12.8. The standard InChI is InChI=1S/C30H28ClN3O5S2/c1-4-38-25-15-19(9-14-24(25)39-17-27(35)32-23-8-6-5-7-22(23)18(2)3)16-26-29(37)34(30(40)41-26)33-28(36)20-10-12-21(31)13-11-20/h5-16,18H,4,17H2,1-3H3,(H,32,35)(H,33,36)/b26-16+. The van der Waals surface area contributed by atoms with Gasteiger partial charge in [0.25, 0.3) is 17.7 Å². The van der Waals surface area contributed by atoms with Gasteiger partial charge in [-0.2, -0.15) is 5.01 Å². The van der Waals surface area contributed by atoms with Crippen LogP contribution in [-0.2, 0) is 9.59 Å². The highest BCUT2D eigenvalue weighted by atomic mass is 35.5. The number of amides is 3. The molecule has 11 heteroatoms. The van der Waals surface area contributed by atoms with Crippen molar-refractivity contribution >= 4 is 69.4 Å². The van der Waals surface area contributed by atoms with E-state index in [0.717, 1.165) is 28.0 Å². The number of hydrazine groups is 1. The second-order valence-corrected chi connectivity index (χ2v) is 11.3. The Labute approximate surface area is 253 Å². The highest BCUT2D eigenvalue weighted by Gasteiger charge is 2.34. The first-order valence-corrected chi connectivity index (χ1v) is 14.4. The third kappa shape index (κ3) is 7.66. The molecular weight excluding hydrogens is 582 g/mol. The van der Waals surface area contributed by atoms with E-state index in [-0.39, 0.29) is 22.8 Å². The normalized spacial score (nSPS) is 14.0. The van der Waals surface area contributed by atoms with Gasteiger partial charge in [-0.1, -0.05) is 61.5 Å². The van der Waals surface area contributed by atoms with Crippen LogP contribution >= 0.6 is 35.6 Å². The molecule has 1 saturated heterocycles. The minimum Gasteiger partial charge on any atom is -0.490 e. The van der Waals surface area contributed by atoms with Gasteiger partial charge < -0.3 is 14.8 Å². The Morgan fingerprint density at radius 2 is 1.78 bits per heavy atom. The van der Waals surface area contributed by atoms with Gasteiger partial charge >= 0.3 is 0 Å². The maximum Gasteiger partial charge on any atom is 0.285 e. The molecule has 212 valence electrons. The Kier molecular flexibility index (Phi) is 10.0. The van der Waals surface area contributed by atoms with Crippen LogP contribution in [0.2, 0.25) is 5.02 Å². The second kappa shape index (κ2) is 13.7. The van der Waals surface area contributed by atoms with Gasteiger partial charge in [0.05, 0.1) is 11.5 Å². The van der Waals surface area contributed by atoms with Crippen LogP contribution in [-0.4, -0.2) is 40.3 Å². The van der Waals surface area contributed by atoms with Crippen LogP contribution in [0.3, 0.4) is 0 Å². The van der Waals surface area contributed by atoms with Crippen molar-refractivity contribution in [3.05, 3.63) is 93.3 Å². The summed E-state index contributed by atoms with van der Waals surface area (Å²) in [5.74, 6) is -0.184. The summed E-state index contributed by atoms with van der Waals surface area (Å²) in [5.41, 5.74) is 5.32. The van der Waals surface area contributed by atoms with E-state index in [4.69, 9.17) is 33.3 Å². The lowest BCUT2D eigenvalue weighted by Crippen LogP contribution is -2.44. The van der Waals surface area contributed by atoms with Gasteiger partial charge in [-0.3, -0.25) is 19.8 Å². The number of halogens is 1. The van der Waals surface area contributed by atoms with E-state index >= 15 is 0 Å². The minimum absolute atomic E-state index is 0.193. The average Bonchev–Trinajstić information content (AvgIpc) is 3.20. The molecule has 3 aromatic carbocycles. The zero-order valence-corrected chi connectivity index (χ0v) is 25.0. The van der Waals surface area contributed by atoms with E-state index in [1.807, 2.05) is 31.2 Å². The summed E-state index contributed by atoms with van der Waals surface area (Å²) in [5, 5.41) is 4.44. The van der Waals surface area contributed by atoms with Gasteiger partial charge in [0.15, 0.2) is 22.4 Å². The van der Waals surface area contributed by atoms with E-state index in [1.165, 1.54) is 0 Å². The van der Waals surface area contributed by atoms with Crippen LogP contribution in [0.1, 0.15) is 48.2 Å². The summed E-state index contributed by atoms with van der Waals surface area (Å²) >= 11 is 12.3. The molecule has 0 saturated carbocycles. The summed E-state index contributed by atoms with van der Waals surface area (Å²) in [6, 6.07) is 19.1. The molecular formula is C30H28ClN3O5S2. The number of hydrogen-bond acceptors (Lipinski definition) is 7. The van der Waals surface area contributed by atoms with E-state index in [2.05, 4.69) is 24.6 Å². The Bertz CT molecular complexity index is 1510. The topological polar surface area (TPSA) is 97.0 Å². The molecule has 1 heterocycles. The van der Waals surface area contributed by atoms with Crippen molar-refractivity contribution in [3.8, 4) is 11.5 Å². The Morgan fingerprint density at radius 3 is 2.49 bits per heavy atom. The average molecular weight is 610 g/mol.